The molecule has 0 bridgehead atoms. The molecule has 1 amide bonds. The van der Waals surface area contributed by atoms with Crippen molar-refractivity contribution in [2.24, 2.45) is 0 Å². The molecule has 0 aliphatic heterocycles. The predicted molar refractivity (Wildman–Crippen MR) is 81.0 cm³/mol. The van der Waals surface area contributed by atoms with Gasteiger partial charge < -0.3 is 20.5 Å². The third kappa shape index (κ3) is 6.75. The highest BCUT2D eigenvalue weighted by Crippen LogP contribution is 2.22. The van der Waals surface area contributed by atoms with Gasteiger partial charge in [-0.15, -0.1) is 0 Å². The smallest absolute Gasteiger partial charge is 0.250 e. The number of hydrogen-bond donors (Lipinski definition) is 2. The van der Waals surface area contributed by atoms with Crippen molar-refractivity contribution in [3.8, 4) is 0 Å². The predicted octanol–water partition coefficient (Wildman–Crippen LogP) is 2.69. The fourth-order valence-corrected chi connectivity index (χ4v) is 1.65. The van der Waals surface area contributed by atoms with Crippen molar-refractivity contribution >= 4 is 28.9 Å². The van der Waals surface area contributed by atoms with Gasteiger partial charge >= 0.3 is 0 Å². The number of unbranched alkanes of at least 4 members (excludes halogenated alkanes) is 1. The minimum atomic E-state index is -0.257. The first kappa shape index (κ1) is 16.8. The van der Waals surface area contributed by atoms with Crippen molar-refractivity contribution in [3.63, 3.8) is 0 Å². The van der Waals surface area contributed by atoms with Gasteiger partial charge in [-0.05, 0) is 24.6 Å². The van der Waals surface area contributed by atoms with Crippen LogP contribution in [-0.2, 0) is 14.3 Å². The summed E-state index contributed by atoms with van der Waals surface area (Å²) in [5.74, 6) is -0.257. The summed E-state index contributed by atoms with van der Waals surface area (Å²) in [6.45, 7) is 3.70. The zero-order chi connectivity index (χ0) is 14.8. The highest BCUT2D eigenvalue weighted by molar-refractivity contribution is 6.31. The number of ether oxygens (including phenoxy) is 2. The second-order valence-corrected chi connectivity index (χ2v) is 4.73. The lowest BCUT2D eigenvalue weighted by Crippen LogP contribution is -2.20. The van der Waals surface area contributed by atoms with Crippen LogP contribution in [0.5, 0.6) is 0 Å². The Bertz CT molecular complexity index is 427. The summed E-state index contributed by atoms with van der Waals surface area (Å²) in [5, 5.41) is 3.19. The van der Waals surface area contributed by atoms with Gasteiger partial charge in [-0.1, -0.05) is 24.9 Å². The number of halogens is 1. The summed E-state index contributed by atoms with van der Waals surface area (Å²) in [7, 11) is 0. The summed E-state index contributed by atoms with van der Waals surface area (Å²) in [5.41, 5.74) is 6.69. The van der Waals surface area contributed by atoms with E-state index >= 15 is 0 Å². The number of rotatable bonds is 9. The van der Waals surface area contributed by atoms with Crippen LogP contribution in [0.25, 0.3) is 0 Å². The van der Waals surface area contributed by atoms with Gasteiger partial charge in [0.15, 0.2) is 0 Å². The lowest BCUT2D eigenvalue weighted by Gasteiger charge is -2.09. The van der Waals surface area contributed by atoms with Gasteiger partial charge in [-0.3, -0.25) is 4.79 Å². The Hall–Kier alpha value is -1.30. The number of amides is 1. The number of benzene rings is 1. The van der Waals surface area contributed by atoms with E-state index in [9.17, 15) is 4.79 Å². The Labute approximate surface area is 124 Å². The first-order valence-electron chi connectivity index (χ1n) is 6.64. The van der Waals surface area contributed by atoms with Gasteiger partial charge in [-0.2, -0.15) is 0 Å². The van der Waals surface area contributed by atoms with E-state index in [1.807, 2.05) is 0 Å². The van der Waals surface area contributed by atoms with Gasteiger partial charge in [0.1, 0.15) is 6.61 Å². The van der Waals surface area contributed by atoms with E-state index in [2.05, 4.69) is 12.2 Å². The normalized spacial score (nSPS) is 10.5. The van der Waals surface area contributed by atoms with E-state index in [4.69, 9.17) is 26.8 Å². The average Bonchev–Trinajstić information content (AvgIpc) is 2.41. The SMILES string of the molecule is CCCCOCCOCC(=O)Nc1ccc(Cl)cc1N. The quantitative estimate of drug-likeness (QED) is 0.543. The molecule has 3 N–H and O–H groups in total. The molecule has 6 heteroatoms. The van der Waals surface area contributed by atoms with Crippen molar-refractivity contribution in [2.75, 3.05) is 37.5 Å². The molecule has 1 rings (SSSR count). The van der Waals surface area contributed by atoms with E-state index in [0.29, 0.717) is 29.6 Å². The number of anilines is 2. The third-order valence-electron chi connectivity index (χ3n) is 2.54. The van der Waals surface area contributed by atoms with Crippen LogP contribution in [0, 0.1) is 0 Å². The second-order valence-electron chi connectivity index (χ2n) is 4.30. The van der Waals surface area contributed by atoms with Gasteiger partial charge in [0.2, 0.25) is 5.91 Å². The van der Waals surface area contributed by atoms with Crippen LogP contribution in [0.3, 0.4) is 0 Å². The zero-order valence-electron chi connectivity index (χ0n) is 11.7. The van der Waals surface area contributed by atoms with Crippen LogP contribution in [0.1, 0.15) is 19.8 Å². The highest BCUT2D eigenvalue weighted by Gasteiger charge is 2.05. The molecular weight excluding hydrogens is 280 g/mol. The van der Waals surface area contributed by atoms with Crippen molar-refractivity contribution in [1.82, 2.24) is 0 Å². The fraction of sp³-hybridized carbons (Fsp3) is 0.500. The number of hydrogen-bond acceptors (Lipinski definition) is 4. The summed E-state index contributed by atoms with van der Waals surface area (Å²) < 4.78 is 10.5. The van der Waals surface area contributed by atoms with E-state index < -0.39 is 0 Å². The Kier molecular flexibility index (Phi) is 8.02. The minimum Gasteiger partial charge on any atom is -0.397 e. The van der Waals surface area contributed by atoms with Crippen molar-refractivity contribution in [3.05, 3.63) is 23.2 Å². The average molecular weight is 301 g/mol. The number of carbonyl (C=O) groups is 1. The molecule has 0 unspecified atom stereocenters. The molecule has 0 aliphatic rings. The number of nitrogens with two attached hydrogens (primary N) is 1. The van der Waals surface area contributed by atoms with Crippen molar-refractivity contribution in [1.29, 1.82) is 0 Å². The molecule has 0 saturated heterocycles. The van der Waals surface area contributed by atoms with Gasteiger partial charge in [0, 0.05) is 11.6 Å². The fourth-order valence-electron chi connectivity index (χ4n) is 1.46. The maximum Gasteiger partial charge on any atom is 0.250 e. The van der Waals surface area contributed by atoms with Gasteiger partial charge in [0.05, 0.1) is 24.6 Å². The van der Waals surface area contributed by atoms with Crippen LogP contribution in [0.15, 0.2) is 18.2 Å². The number of nitrogens with one attached hydrogen (secondary N) is 1. The van der Waals surface area contributed by atoms with E-state index in [1.54, 1.807) is 18.2 Å². The van der Waals surface area contributed by atoms with Gasteiger partial charge in [0.25, 0.3) is 0 Å². The van der Waals surface area contributed by atoms with Crippen LogP contribution < -0.4 is 11.1 Å². The van der Waals surface area contributed by atoms with Gasteiger partial charge in [-0.25, -0.2) is 0 Å². The van der Waals surface area contributed by atoms with Crippen LogP contribution in [0.2, 0.25) is 5.02 Å². The summed E-state index contributed by atoms with van der Waals surface area (Å²) in [6.07, 6.45) is 2.14. The van der Waals surface area contributed by atoms with Crippen molar-refractivity contribution in [2.45, 2.75) is 19.8 Å². The van der Waals surface area contributed by atoms with E-state index in [-0.39, 0.29) is 12.5 Å². The first-order chi connectivity index (χ1) is 9.63. The summed E-state index contributed by atoms with van der Waals surface area (Å²) in [4.78, 5) is 11.6. The molecule has 20 heavy (non-hydrogen) atoms. The molecule has 1 aromatic carbocycles. The number of nitrogen functional groups attached to an aromatic ring is 1. The summed E-state index contributed by atoms with van der Waals surface area (Å²) >= 11 is 5.78. The second kappa shape index (κ2) is 9.58. The Morgan fingerprint density at radius 3 is 2.75 bits per heavy atom. The molecule has 112 valence electrons. The number of carbonyl (C=O) groups excluding carboxylic acids is 1. The maximum absolute atomic E-state index is 11.6. The lowest BCUT2D eigenvalue weighted by molar-refractivity contribution is -0.121. The molecule has 0 saturated carbocycles. The van der Waals surface area contributed by atoms with Crippen LogP contribution in [0.4, 0.5) is 11.4 Å². The molecular formula is C14H21ClN2O3. The maximum atomic E-state index is 11.6. The Morgan fingerprint density at radius 1 is 1.30 bits per heavy atom. The van der Waals surface area contributed by atoms with Crippen LogP contribution in [-0.4, -0.2) is 32.3 Å². The molecule has 0 radical (unpaired) electrons. The minimum absolute atomic E-state index is 0.0286. The lowest BCUT2D eigenvalue weighted by atomic mass is 10.2. The topological polar surface area (TPSA) is 73.6 Å². The molecule has 0 aromatic heterocycles. The molecule has 0 atom stereocenters. The Balaban J connectivity index is 2.17. The molecule has 0 heterocycles. The zero-order valence-corrected chi connectivity index (χ0v) is 12.4. The molecule has 0 fully saturated rings. The molecule has 0 spiro atoms. The third-order valence-corrected chi connectivity index (χ3v) is 2.77. The largest absolute Gasteiger partial charge is 0.397 e. The van der Waals surface area contributed by atoms with Crippen molar-refractivity contribution < 1.29 is 14.3 Å². The highest BCUT2D eigenvalue weighted by atomic mass is 35.5. The molecule has 1 aromatic rings. The Morgan fingerprint density at radius 2 is 2.05 bits per heavy atom. The molecule has 5 nitrogen and oxygen atoms in total. The van der Waals surface area contributed by atoms with E-state index in [1.165, 1.54) is 0 Å². The molecule has 0 aliphatic carbocycles. The van der Waals surface area contributed by atoms with Crippen LogP contribution >= 0.6 is 11.6 Å². The standard InChI is InChI=1S/C14H21ClN2O3/c1-2-3-6-19-7-8-20-10-14(18)17-13-5-4-11(15)9-12(13)16/h4-5,9H,2-3,6-8,10,16H2,1H3,(H,17,18). The monoisotopic (exact) mass is 300 g/mol. The summed E-state index contributed by atoms with van der Waals surface area (Å²) in [6, 6.07) is 4.90. The first-order valence-corrected chi connectivity index (χ1v) is 7.01. The van der Waals surface area contributed by atoms with E-state index in [0.717, 1.165) is 19.4 Å².